The number of ether oxygens (including phenoxy) is 1. The number of nitrogens with zero attached hydrogens (tertiary/aromatic N) is 1. The van der Waals surface area contributed by atoms with Gasteiger partial charge in [-0.2, -0.15) is 0 Å². The van der Waals surface area contributed by atoms with Crippen molar-refractivity contribution >= 4 is 17.7 Å². The summed E-state index contributed by atoms with van der Waals surface area (Å²) < 4.78 is 5.08. The Hall–Kier alpha value is -2.89. The molecule has 1 N–H and O–H groups in total. The fourth-order valence-corrected chi connectivity index (χ4v) is 3.55. The van der Waals surface area contributed by atoms with Gasteiger partial charge in [0.2, 0.25) is 0 Å². The normalized spacial score (nSPS) is 12.0. The average molecular weight is 413 g/mol. The number of Topliss-reactive ketones (excluding diaryl/α,β-unsaturated/α-hetero) is 1. The third-order valence-electron chi connectivity index (χ3n) is 5.13. The molecule has 1 aromatic heterocycles. The summed E-state index contributed by atoms with van der Waals surface area (Å²) in [5.74, 6) is -0.670. The summed E-state index contributed by atoms with van der Waals surface area (Å²) in [6.07, 6.45) is 0. The molecule has 0 fully saturated rings. The smallest absolute Gasteiger partial charge is 0.355 e. The predicted molar refractivity (Wildman–Crippen MR) is 117 cm³/mol. The Kier molecular flexibility index (Phi) is 7.59. The molecule has 1 heterocycles. The number of carbonyl (C=O) groups excluding carboxylic acids is 3. The molecule has 0 aliphatic rings. The van der Waals surface area contributed by atoms with Gasteiger partial charge in [-0.05, 0) is 58.2 Å². The third kappa shape index (κ3) is 4.99. The van der Waals surface area contributed by atoms with Crippen molar-refractivity contribution in [2.24, 2.45) is 5.92 Å². The number of hydrogen-bond acceptors (Lipinski definition) is 4. The molecule has 30 heavy (non-hydrogen) atoms. The van der Waals surface area contributed by atoms with E-state index in [2.05, 4.69) is 4.98 Å². The molecular weight excluding hydrogens is 380 g/mol. The first-order valence-electron chi connectivity index (χ1n) is 10.4. The summed E-state index contributed by atoms with van der Waals surface area (Å²) in [5, 5.41) is 0. The van der Waals surface area contributed by atoms with Gasteiger partial charge in [0, 0.05) is 23.4 Å². The number of aromatic nitrogens is 1. The maximum Gasteiger partial charge on any atom is 0.355 e. The summed E-state index contributed by atoms with van der Waals surface area (Å²) in [7, 11) is 0. The van der Waals surface area contributed by atoms with Gasteiger partial charge in [-0.3, -0.25) is 9.59 Å². The van der Waals surface area contributed by atoms with Crippen LogP contribution in [0.4, 0.5) is 0 Å². The number of nitrogens with one attached hydrogen (secondary N) is 1. The zero-order valence-corrected chi connectivity index (χ0v) is 19.0. The highest BCUT2D eigenvalue weighted by molar-refractivity contribution is 6.07. The molecule has 2 aromatic rings. The number of hydrogen-bond donors (Lipinski definition) is 1. The van der Waals surface area contributed by atoms with Crippen molar-refractivity contribution in [3.63, 3.8) is 0 Å². The Labute approximate surface area is 178 Å². The molecular formula is C24H32N2O4. The zero-order chi connectivity index (χ0) is 22.6. The molecule has 1 aromatic carbocycles. The van der Waals surface area contributed by atoms with Gasteiger partial charge in [0.1, 0.15) is 5.69 Å². The van der Waals surface area contributed by atoms with E-state index >= 15 is 0 Å². The molecule has 1 unspecified atom stereocenters. The highest BCUT2D eigenvalue weighted by atomic mass is 16.5. The van der Waals surface area contributed by atoms with Crippen molar-refractivity contribution in [3.05, 3.63) is 57.9 Å². The Morgan fingerprint density at radius 3 is 2.17 bits per heavy atom. The van der Waals surface area contributed by atoms with Crippen LogP contribution in [0.25, 0.3) is 0 Å². The lowest BCUT2D eigenvalue weighted by molar-refractivity contribution is 0.0518. The molecule has 0 bridgehead atoms. The maximum absolute atomic E-state index is 13.4. The highest BCUT2D eigenvalue weighted by Gasteiger charge is 2.32. The fraction of sp³-hybridized carbons (Fsp3) is 0.458. The molecule has 0 spiro atoms. The van der Waals surface area contributed by atoms with Crippen molar-refractivity contribution in [1.82, 2.24) is 9.88 Å². The van der Waals surface area contributed by atoms with Crippen LogP contribution in [-0.4, -0.2) is 46.7 Å². The first-order valence-corrected chi connectivity index (χ1v) is 10.4. The molecule has 6 nitrogen and oxygen atoms in total. The molecule has 1 amide bonds. The Morgan fingerprint density at radius 2 is 1.63 bits per heavy atom. The number of aromatic amines is 1. The Morgan fingerprint density at radius 1 is 1.03 bits per heavy atom. The predicted octanol–water partition coefficient (Wildman–Crippen LogP) is 4.49. The topological polar surface area (TPSA) is 79.5 Å². The van der Waals surface area contributed by atoms with Crippen molar-refractivity contribution in [3.8, 4) is 0 Å². The number of H-pyrrole nitrogens is 1. The van der Waals surface area contributed by atoms with Crippen molar-refractivity contribution in [2.45, 2.75) is 54.5 Å². The van der Waals surface area contributed by atoms with Crippen LogP contribution in [0, 0.1) is 26.7 Å². The van der Waals surface area contributed by atoms with Gasteiger partial charge in [-0.15, -0.1) is 0 Å². The van der Waals surface area contributed by atoms with E-state index < -0.39 is 12.0 Å². The van der Waals surface area contributed by atoms with Crippen LogP contribution in [0.1, 0.15) is 75.7 Å². The molecule has 0 aliphatic heterocycles. The number of carbonyl (C=O) groups is 3. The molecule has 0 saturated heterocycles. The van der Waals surface area contributed by atoms with E-state index in [0.29, 0.717) is 28.9 Å². The lowest BCUT2D eigenvalue weighted by Crippen LogP contribution is -2.45. The first-order chi connectivity index (χ1) is 14.1. The minimum absolute atomic E-state index is 0.180. The Balaban J connectivity index is 2.39. The van der Waals surface area contributed by atoms with Crippen LogP contribution in [0.15, 0.2) is 24.3 Å². The van der Waals surface area contributed by atoms with Crippen LogP contribution in [0.2, 0.25) is 0 Å². The van der Waals surface area contributed by atoms with Gasteiger partial charge in [0.05, 0.1) is 12.6 Å². The molecule has 2 rings (SSSR count). The molecule has 162 valence electrons. The molecule has 6 heteroatoms. The second-order valence-corrected chi connectivity index (χ2v) is 8.10. The van der Waals surface area contributed by atoms with Crippen LogP contribution in [0.5, 0.6) is 0 Å². The van der Waals surface area contributed by atoms with Crippen LogP contribution < -0.4 is 0 Å². The number of esters is 1. The van der Waals surface area contributed by atoms with Gasteiger partial charge in [-0.25, -0.2) is 4.79 Å². The van der Waals surface area contributed by atoms with Crippen molar-refractivity contribution in [2.75, 3.05) is 13.2 Å². The monoisotopic (exact) mass is 412 g/mol. The maximum atomic E-state index is 13.4. The van der Waals surface area contributed by atoms with E-state index in [1.54, 1.807) is 44.7 Å². The van der Waals surface area contributed by atoms with E-state index in [0.717, 1.165) is 5.56 Å². The van der Waals surface area contributed by atoms with Gasteiger partial charge in [0.15, 0.2) is 5.78 Å². The van der Waals surface area contributed by atoms with Crippen LogP contribution in [0.3, 0.4) is 0 Å². The minimum Gasteiger partial charge on any atom is -0.461 e. The van der Waals surface area contributed by atoms with E-state index in [4.69, 9.17) is 4.74 Å². The number of aryl methyl sites for hydroxylation is 2. The summed E-state index contributed by atoms with van der Waals surface area (Å²) in [5.41, 5.74) is 3.49. The molecule has 1 atom stereocenters. The van der Waals surface area contributed by atoms with E-state index in [1.165, 1.54) is 0 Å². The lowest BCUT2D eigenvalue weighted by Gasteiger charge is -2.30. The minimum atomic E-state index is -0.676. The van der Waals surface area contributed by atoms with E-state index in [9.17, 15) is 14.4 Å². The number of amides is 1. The average Bonchev–Trinajstić information content (AvgIpc) is 2.99. The second-order valence-electron chi connectivity index (χ2n) is 8.10. The molecule has 0 radical (unpaired) electrons. The number of benzene rings is 1. The first kappa shape index (κ1) is 23.4. The van der Waals surface area contributed by atoms with Crippen molar-refractivity contribution < 1.29 is 19.1 Å². The lowest BCUT2D eigenvalue weighted by atomic mass is 9.98. The summed E-state index contributed by atoms with van der Waals surface area (Å²) in [6.45, 7) is 13.6. The molecule has 0 saturated carbocycles. The van der Waals surface area contributed by atoms with Gasteiger partial charge < -0.3 is 14.6 Å². The summed E-state index contributed by atoms with van der Waals surface area (Å²) >= 11 is 0. The molecule has 0 aliphatic carbocycles. The zero-order valence-electron chi connectivity index (χ0n) is 19.0. The van der Waals surface area contributed by atoms with Gasteiger partial charge in [-0.1, -0.05) is 31.5 Å². The fourth-order valence-electron chi connectivity index (χ4n) is 3.55. The SMILES string of the molecule is CCOC(=O)c1[nH]c(C)c(C(=O)C(C)N(CC(C)C)C(=O)c2ccc(C)cc2)c1C. The second kappa shape index (κ2) is 9.74. The Bertz CT molecular complexity index is 925. The largest absolute Gasteiger partial charge is 0.461 e. The number of ketones is 1. The van der Waals surface area contributed by atoms with Crippen LogP contribution >= 0.6 is 0 Å². The summed E-state index contributed by atoms with van der Waals surface area (Å²) in [4.78, 5) is 43.5. The van der Waals surface area contributed by atoms with Gasteiger partial charge in [0.25, 0.3) is 5.91 Å². The highest BCUT2D eigenvalue weighted by Crippen LogP contribution is 2.23. The quantitative estimate of drug-likeness (QED) is 0.512. The van der Waals surface area contributed by atoms with Crippen LogP contribution in [-0.2, 0) is 4.74 Å². The summed E-state index contributed by atoms with van der Waals surface area (Å²) in [6, 6.07) is 6.67. The third-order valence-corrected chi connectivity index (χ3v) is 5.13. The van der Waals surface area contributed by atoms with Crippen molar-refractivity contribution in [1.29, 1.82) is 0 Å². The van der Waals surface area contributed by atoms with E-state index in [-0.39, 0.29) is 29.9 Å². The van der Waals surface area contributed by atoms with E-state index in [1.807, 2.05) is 32.9 Å². The standard InChI is InChI=1S/C24H32N2O4/c1-8-30-24(29)21-16(5)20(17(6)25-21)22(27)18(7)26(13-14(2)3)23(28)19-11-9-15(4)10-12-19/h9-12,14,18,25H,8,13H2,1-7H3. The van der Waals surface area contributed by atoms with Gasteiger partial charge >= 0.3 is 5.97 Å². The number of rotatable bonds is 8.